The van der Waals surface area contributed by atoms with Gasteiger partial charge in [0.05, 0.1) is 16.4 Å². The van der Waals surface area contributed by atoms with Gasteiger partial charge in [-0.25, -0.2) is 4.98 Å². The zero-order chi connectivity index (χ0) is 13.8. The standard InChI is InChI=1S/C14H22N4S/c1-4-12-8-14(18(5-2)17-12)7-11(15)6-13-9-19-10(3)16-13/h8-9,11H,4-7,15H2,1-3H3. The van der Waals surface area contributed by atoms with E-state index in [0.717, 1.165) is 42.2 Å². The summed E-state index contributed by atoms with van der Waals surface area (Å²) in [5.74, 6) is 0. The third-order valence-electron chi connectivity index (χ3n) is 3.18. The number of aromatic nitrogens is 3. The van der Waals surface area contributed by atoms with Crippen LogP contribution in [0, 0.1) is 6.92 Å². The van der Waals surface area contributed by atoms with E-state index in [0.29, 0.717) is 0 Å². The summed E-state index contributed by atoms with van der Waals surface area (Å²) in [6.45, 7) is 7.17. The van der Waals surface area contributed by atoms with Crippen LogP contribution in [0.5, 0.6) is 0 Å². The minimum absolute atomic E-state index is 0.105. The van der Waals surface area contributed by atoms with Crippen molar-refractivity contribution in [2.45, 2.75) is 52.6 Å². The third kappa shape index (κ3) is 3.64. The highest BCUT2D eigenvalue weighted by Gasteiger charge is 2.12. The summed E-state index contributed by atoms with van der Waals surface area (Å²) in [5, 5.41) is 7.77. The molecule has 0 amide bonds. The van der Waals surface area contributed by atoms with Gasteiger partial charge >= 0.3 is 0 Å². The van der Waals surface area contributed by atoms with E-state index in [9.17, 15) is 0 Å². The van der Waals surface area contributed by atoms with Gasteiger partial charge in [0.1, 0.15) is 0 Å². The monoisotopic (exact) mass is 278 g/mol. The number of nitrogens with two attached hydrogens (primary N) is 1. The summed E-state index contributed by atoms with van der Waals surface area (Å²) in [5.41, 5.74) is 9.73. The Morgan fingerprint density at radius 3 is 2.68 bits per heavy atom. The second-order valence-electron chi connectivity index (χ2n) is 4.82. The number of hydrogen-bond acceptors (Lipinski definition) is 4. The summed E-state index contributed by atoms with van der Waals surface area (Å²) < 4.78 is 2.06. The summed E-state index contributed by atoms with van der Waals surface area (Å²) in [6, 6.07) is 2.28. The first-order valence-electron chi connectivity index (χ1n) is 6.84. The average molecular weight is 278 g/mol. The molecule has 2 N–H and O–H groups in total. The Labute approximate surface area is 118 Å². The maximum Gasteiger partial charge on any atom is 0.0897 e. The molecule has 0 aliphatic carbocycles. The van der Waals surface area contributed by atoms with Crippen LogP contribution < -0.4 is 5.73 Å². The molecule has 0 saturated carbocycles. The molecule has 2 aromatic heterocycles. The van der Waals surface area contributed by atoms with Crippen LogP contribution in [0.2, 0.25) is 0 Å². The summed E-state index contributed by atoms with van der Waals surface area (Å²) >= 11 is 1.68. The third-order valence-corrected chi connectivity index (χ3v) is 4.01. The fourth-order valence-corrected chi connectivity index (χ4v) is 2.86. The highest BCUT2D eigenvalue weighted by molar-refractivity contribution is 7.09. The van der Waals surface area contributed by atoms with E-state index in [-0.39, 0.29) is 6.04 Å². The van der Waals surface area contributed by atoms with Crippen LogP contribution in [0.15, 0.2) is 11.4 Å². The predicted octanol–water partition coefficient (Wildman–Crippen LogP) is 2.34. The zero-order valence-corrected chi connectivity index (χ0v) is 12.7. The van der Waals surface area contributed by atoms with Crippen molar-refractivity contribution in [3.8, 4) is 0 Å². The second-order valence-corrected chi connectivity index (χ2v) is 5.88. The molecule has 1 atom stereocenters. The first kappa shape index (κ1) is 14.2. The molecule has 1 unspecified atom stereocenters. The molecule has 0 aromatic carbocycles. The van der Waals surface area contributed by atoms with Crippen LogP contribution in [0.4, 0.5) is 0 Å². The normalized spacial score (nSPS) is 12.8. The topological polar surface area (TPSA) is 56.7 Å². The molecule has 0 spiro atoms. The SMILES string of the molecule is CCc1cc(CC(N)Cc2csc(C)n2)n(CC)n1. The Hall–Kier alpha value is -1.20. The average Bonchev–Trinajstić information content (AvgIpc) is 2.95. The maximum absolute atomic E-state index is 6.24. The Morgan fingerprint density at radius 1 is 1.32 bits per heavy atom. The van der Waals surface area contributed by atoms with Gasteiger partial charge in [0.2, 0.25) is 0 Å². The quantitative estimate of drug-likeness (QED) is 0.882. The molecule has 2 aromatic rings. The van der Waals surface area contributed by atoms with Crippen LogP contribution in [0.3, 0.4) is 0 Å². The van der Waals surface area contributed by atoms with Crippen molar-refractivity contribution in [2.24, 2.45) is 5.73 Å². The molecule has 0 saturated heterocycles. The van der Waals surface area contributed by atoms with E-state index in [1.807, 2.05) is 6.92 Å². The number of rotatable bonds is 6. The van der Waals surface area contributed by atoms with Crippen molar-refractivity contribution < 1.29 is 0 Å². The van der Waals surface area contributed by atoms with Gasteiger partial charge in [-0.05, 0) is 26.3 Å². The fourth-order valence-electron chi connectivity index (χ4n) is 2.24. The van der Waals surface area contributed by atoms with Gasteiger partial charge in [0, 0.05) is 36.5 Å². The van der Waals surface area contributed by atoms with Crippen LogP contribution in [-0.4, -0.2) is 20.8 Å². The Bertz CT molecular complexity index is 529. The Morgan fingerprint density at radius 2 is 2.11 bits per heavy atom. The molecule has 5 heteroatoms. The lowest BCUT2D eigenvalue weighted by atomic mass is 10.1. The predicted molar refractivity (Wildman–Crippen MR) is 79.5 cm³/mol. The first-order chi connectivity index (χ1) is 9.12. The van der Waals surface area contributed by atoms with Gasteiger partial charge in [-0.2, -0.15) is 5.10 Å². The summed E-state index contributed by atoms with van der Waals surface area (Å²) in [7, 11) is 0. The van der Waals surface area contributed by atoms with E-state index in [1.54, 1.807) is 11.3 Å². The van der Waals surface area contributed by atoms with Gasteiger partial charge < -0.3 is 5.73 Å². The van der Waals surface area contributed by atoms with Crippen molar-refractivity contribution in [3.05, 3.63) is 33.5 Å². The lowest BCUT2D eigenvalue weighted by Gasteiger charge is -2.11. The van der Waals surface area contributed by atoms with Gasteiger partial charge in [-0.1, -0.05) is 6.92 Å². The maximum atomic E-state index is 6.24. The van der Waals surface area contributed by atoms with Gasteiger partial charge in [-0.3, -0.25) is 4.68 Å². The highest BCUT2D eigenvalue weighted by atomic mass is 32.1. The van der Waals surface area contributed by atoms with Crippen LogP contribution in [0.1, 0.15) is 35.9 Å². The first-order valence-corrected chi connectivity index (χ1v) is 7.72. The fraction of sp³-hybridized carbons (Fsp3) is 0.571. The van der Waals surface area contributed by atoms with Crippen LogP contribution in [0.25, 0.3) is 0 Å². The van der Waals surface area contributed by atoms with Crippen molar-refractivity contribution in [1.82, 2.24) is 14.8 Å². The molecule has 0 aliphatic rings. The van der Waals surface area contributed by atoms with E-state index in [2.05, 4.69) is 40.1 Å². The molecule has 0 aliphatic heterocycles. The van der Waals surface area contributed by atoms with E-state index in [4.69, 9.17) is 5.73 Å². The largest absolute Gasteiger partial charge is 0.327 e. The Kier molecular flexibility index (Phi) is 4.71. The molecule has 0 bridgehead atoms. The molecule has 19 heavy (non-hydrogen) atoms. The van der Waals surface area contributed by atoms with E-state index >= 15 is 0 Å². The number of thiazole rings is 1. The smallest absolute Gasteiger partial charge is 0.0897 e. The molecule has 2 rings (SSSR count). The molecule has 0 fully saturated rings. The summed E-state index contributed by atoms with van der Waals surface area (Å²) in [6.07, 6.45) is 2.67. The molecular weight excluding hydrogens is 256 g/mol. The minimum Gasteiger partial charge on any atom is -0.327 e. The molecule has 0 radical (unpaired) electrons. The second kappa shape index (κ2) is 6.30. The molecule has 4 nitrogen and oxygen atoms in total. The number of hydrogen-bond donors (Lipinski definition) is 1. The van der Waals surface area contributed by atoms with Gasteiger partial charge in [-0.15, -0.1) is 11.3 Å². The van der Waals surface area contributed by atoms with E-state index < -0.39 is 0 Å². The molecule has 104 valence electrons. The zero-order valence-electron chi connectivity index (χ0n) is 11.9. The van der Waals surface area contributed by atoms with Crippen molar-refractivity contribution in [3.63, 3.8) is 0 Å². The van der Waals surface area contributed by atoms with Crippen molar-refractivity contribution in [1.29, 1.82) is 0 Å². The summed E-state index contributed by atoms with van der Waals surface area (Å²) in [4.78, 5) is 4.47. The van der Waals surface area contributed by atoms with Crippen molar-refractivity contribution in [2.75, 3.05) is 0 Å². The molecular formula is C14H22N4S. The number of aryl methyl sites for hydroxylation is 3. The lowest BCUT2D eigenvalue weighted by molar-refractivity contribution is 0.570. The lowest BCUT2D eigenvalue weighted by Crippen LogP contribution is -2.27. The minimum atomic E-state index is 0.105. The number of nitrogens with zero attached hydrogens (tertiary/aromatic N) is 3. The highest BCUT2D eigenvalue weighted by Crippen LogP contribution is 2.13. The van der Waals surface area contributed by atoms with Crippen LogP contribution in [-0.2, 0) is 25.8 Å². The van der Waals surface area contributed by atoms with Crippen LogP contribution >= 0.6 is 11.3 Å². The van der Waals surface area contributed by atoms with Crippen molar-refractivity contribution >= 4 is 11.3 Å². The van der Waals surface area contributed by atoms with E-state index in [1.165, 1.54) is 5.69 Å². The van der Waals surface area contributed by atoms with Gasteiger partial charge in [0.25, 0.3) is 0 Å². The Balaban J connectivity index is 2.01. The van der Waals surface area contributed by atoms with Gasteiger partial charge in [0.15, 0.2) is 0 Å². The molecule has 2 heterocycles.